The Hall–Kier alpha value is -3.11. The molecular weight excluding hydrogens is 442 g/mol. The number of benzene rings is 2. The number of hydrogen-bond acceptors (Lipinski definition) is 8. The molecule has 4 rings (SSSR count). The van der Waals surface area contributed by atoms with E-state index in [1.54, 1.807) is 35.2 Å². The molecule has 0 radical (unpaired) electrons. The van der Waals surface area contributed by atoms with Gasteiger partial charge in [-0.15, -0.1) is 10.2 Å². The number of rotatable bonds is 6. The van der Waals surface area contributed by atoms with Gasteiger partial charge in [-0.05, 0) is 30.3 Å². The lowest BCUT2D eigenvalue weighted by Crippen LogP contribution is -2.49. The van der Waals surface area contributed by atoms with Gasteiger partial charge in [-0.1, -0.05) is 29.4 Å². The first-order chi connectivity index (χ1) is 15.0. The fourth-order valence-electron chi connectivity index (χ4n) is 3.22. The average Bonchev–Trinajstić information content (AvgIpc) is 3.27. The first-order valence-electron chi connectivity index (χ1n) is 9.49. The summed E-state index contributed by atoms with van der Waals surface area (Å²) in [6.45, 7) is 2.48. The van der Waals surface area contributed by atoms with Gasteiger partial charge >= 0.3 is 0 Å². The van der Waals surface area contributed by atoms with Crippen molar-refractivity contribution in [3.8, 4) is 11.5 Å². The topological polar surface area (TPSA) is 106 Å². The van der Waals surface area contributed by atoms with Crippen LogP contribution in [-0.2, 0) is 4.79 Å². The van der Waals surface area contributed by atoms with Crippen LogP contribution in [0.25, 0.3) is 11.5 Å². The molecule has 1 fully saturated rings. The summed E-state index contributed by atoms with van der Waals surface area (Å²) in [5.74, 6) is 0.555. The van der Waals surface area contributed by atoms with Crippen molar-refractivity contribution >= 4 is 40.6 Å². The van der Waals surface area contributed by atoms with E-state index >= 15 is 0 Å². The van der Waals surface area contributed by atoms with Crippen molar-refractivity contribution in [3.05, 3.63) is 63.7 Å². The maximum Gasteiger partial charge on any atom is 0.277 e. The van der Waals surface area contributed by atoms with E-state index in [0.717, 1.165) is 11.3 Å². The monoisotopic (exact) mass is 459 g/mol. The Balaban J connectivity index is 1.27. The minimum Gasteiger partial charge on any atom is -0.411 e. The van der Waals surface area contributed by atoms with E-state index in [9.17, 15) is 14.9 Å². The highest BCUT2D eigenvalue weighted by atomic mass is 35.5. The number of anilines is 1. The van der Waals surface area contributed by atoms with Gasteiger partial charge in [-0.3, -0.25) is 14.9 Å². The van der Waals surface area contributed by atoms with Crippen LogP contribution in [0.1, 0.15) is 0 Å². The van der Waals surface area contributed by atoms with E-state index in [-0.39, 0.29) is 17.3 Å². The molecule has 1 amide bonds. The van der Waals surface area contributed by atoms with Gasteiger partial charge in [0, 0.05) is 54.6 Å². The number of non-ortho nitro benzene ring substituents is 1. The van der Waals surface area contributed by atoms with E-state index in [2.05, 4.69) is 15.1 Å². The third kappa shape index (κ3) is 5.15. The molecule has 0 spiro atoms. The lowest BCUT2D eigenvalue weighted by Gasteiger charge is -2.36. The van der Waals surface area contributed by atoms with Crippen molar-refractivity contribution in [2.75, 3.05) is 36.8 Å². The summed E-state index contributed by atoms with van der Waals surface area (Å²) < 4.78 is 5.62. The van der Waals surface area contributed by atoms with E-state index in [1.165, 1.54) is 23.9 Å². The van der Waals surface area contributed by atoms with Crippen molar-refractivity contribution in [1.29, 1.82) is 0 Å². The smallest absolute Gasteiger partial charge is 0.277 e. The van der Waals surface area contributed by atoms with Crippen LogP contribution in [-0.4, -0.2) is 57.9 Å². The number of hydrogen-bond donors (Lipinski definition) is 0. The van der Waals surface area contributed by atoms with Crippen LogP contribution in [0.15, 0.2) is 58.2 Å². The number of piperazine rings is 1. The highest BCUT2D eigenvalue weighted by molar-refractivity contribution is 7.99. The predicted molar refractivity (Wildman–Crippen MR) is 117 cm³/mol. The minimum absolute atomic E-state index is 0.00384. The van der Waals surface area contributed by atoms with Crippen LogP contribution in [0.3, 0.4) is 0 Å². The second kappa shape index (κ2) is 9.36. The highest BCUT2D eigenvalue weighted by Crippen LogP contribution is 2.26. The number of nitro benzene ring substituents is 1. The van der Waals surface area contributed by atoms with Gasteiger partial charge in [0.1, 0.15) is 0 Å². The number of amides is 1. The highest BCUT2D eigenvalue weighted by Gasteiger charge is 2.22. The zero-order chi connectivity index (χ0) is 21.8. The summed E-state index contributed by atoms with van der Waals surface area (Å²) in [5, 5.41) is 19.7. The molecule has 31 heavy (non-hydrogen) atoms. The Morgan fingerprint density at radius 1 is 1.13 bits per heavy atom. The normalized spacial score (nSPS) is 14.0. The Kier molecular flexibility index (Phi) is 6.38. The average molecular weight is 460 g/mol. The van der Waals surface area contributed by atoms with Crippen LogP contribution in [0.5, 0.6) is 0 Å². The van der Waals surface area contributed by atoms with Gasteiger partial charge in [0.05, 0.1) is 10.7 Å². The SMILES string of the molecule is O=C(CSc1nnc(-c2cccc(Cl)c2)o1)N1CCN(c2ccc([N+](=O)[O-])cc2)CC1. The lowest BCUT2D eigenvalue weighted by atomic mass is 10.2. The van der Waals surface area contributed by atoms with E-state index in [1.807, 2.05) is 6.07 Å². The molecule has 9 nitrogen and oxygen atoms in total. The van der Waals surface area contributed by atoms with Crippen molar-refractivity contribution in [3.63, 3.8) is 0 Å². The molecule has 11 heteroatoms. The fraction of sp³-hybridized carbons (Fsp3) is 0.250. The lowest BCUT2D eigenvalue weighted by molar-refractivity contribution is -0.384. The van der Waals surface area contributed by atoms with Crippen LogP contribution in [0.4, 0.5) is 11.4 Å². The molecular formula is C20H18ClN5O4S. The molecule has 0 saturated carbocycles. The van der Waals surface area contributed by atoms with E-state index in [0.29, 0.717) is 42.3 Å². The molecule has 0 N–H and O–H groups in total. The zero-order valence-corrected chi connectivity index (χ0v) is 17.9. The molecule has 1 aliphatic rings. The summed E-state index contributed by atoms with van der Waals surface area (Å²) >= 11 is 7.18. The van der Waals surface area contributed by atoms with Crippen molar-refractivity contribution < 1.29 is 14.1 Å². The van der Waals surface area contributed by atoms with Gasteiger partial charge in [0.2, 0.25) is 11.8 Å². The Labute approximate surface area is 187 Å². The molecule has 1 aliphatic heterocycles. The number of halogens is 1. The molecule has 3 aromatic rings. The van der Waals surface area contributed by atoms with Gasteiger partial charge in [0.25, 0.3) is 10.9 Å². The minimum atomic E-state index is -0.417. The van der Waals surface area contributed by atoms with E-state index < -0.39 is 4.92 Å². The number of carbonyl (C=O) groups excluding carboxylic acids is 1. The maximum absolute atomic E-state index is 12.6. The van der Waals surface area contributed by atoms with Crippen LogP contribution in [0, 0.1) is 10.1 Å². The largest absolute Gasteiger partial charge is 0.411 e. The first-order valence-corrected chi connectivity index (χ1v) is 10.9. The summed E-state index contributed by atoms with van der Waals surface area (Å²) in [6.07, 6.45) is 0. The van der Waals surface area contributed by atoms with E-state index in [4.69, 9.17) is 16.0 Å². The quantitative estimate of drug-likeness (QED) is 0.312. The Bertz CT molecular complexity index is 1080. The van der Waals surface area contributed by atoms with Gasteiger partial charge in [-0.25, -0.2) is 0 Å². The summed E-state index contributed by atoms with van der Waals surface area (Å²) in [6, 6.07) is 13.6. The molecule has 0 bridgehead atoms. The zero-order valence-electron chi connectivity index (χ0n) is 16.3. The van der Waals surface area contributed by atoms with Crippen LogP contribution in [0.2, 0.25) is 5.02 Å². The standard InChI is InChI=1S/C20H18ClN5O4S/c21-15-3-1-2-14(12-15)19-22-23-20(30-19)31-13-18(27)25-10-8-24(9-11-25)16-4-6-17(7-5-16)26(28)29/h1-7,12H,8-11,13H2. The third-order valence-electron chi connectivity index (χ3n) is 4.86. The van der Waals surface area contributed by atoms with Gasteiger partial charge < -0.3 is 14.2 Å². The van der Waals surface area contributed by atoms with Crippen LogP contribution >= 0.6 is 23.4 Å². The summed E-state index contributed by atoms with van der Waals surface area (Å²) in [4.78, 5) is 26.8. The number of carbonyl (C=O) groups is 1. The molecule has 2 heterocycles. The molecule has 0 unspecified atom stereocenters. The number of aromatic nitrogens is 2. The molecule has 0 aliphatic carbocycles. The Morgan fingerprint density at radius 3 is 2.55 bits per heavy atom. The fourth-order valence-corrected chi connectivity index (χ4v) is 4.08. The molecule has 1 saturated heterocycles. The molecule has 160 valence electrons. The third-order valence-corrected chi connectivity index (χ3v) is 5.89. The first kappa shape index (κ1) is 21.1. The number of thioether (sulfide) groups is 1. The van der Waals surface area contributed by atoms with Gasteiger partial charge in [-0.2, -0.15) is 0 Å². The van der Waals surface area contributed by atoms with Crippen molar-refractivity contribution in [1.82, 2.24) is 15.1 Å². The second-order valence-corrected chi connectivity index (χ2v) is 8.18. The predicted octanol–water partition coefficient (Wildman–Crippen LogP) is 3.74. The van der Waals surface area contributed by atoms with Crippen LogP contribution < -0.4 is 4.90 Å². The Morgan fingerprint density at radius 2 is 1.87 bits per heavy atom. The number of nitro groups is 1. The van der Waals surface area contributed by atoms with Crippen molar-refractivity contribution in [2.45, 2.75) is 5.22 Å². The van der Waals surface area contributed by atoms with Gasteiger partial charge in [0.15, 0.2) is 0 Å². The summed E-state index contributed by atoms with van der Waals surface area (Å²) in [7, 11) is 0. The van der Waals surface area contributed by atoms with Crippen molar-refractivity contribution in [2.24, 2.45) is 0 Å². The number of nitrogens with zero attached hydrogens (tertiary/aromatic N) is 5. The molecule has 1 aromatic heterocycles. The second-order valence-electron chi connectivity index (χ2n) is 6.81. The maximum atomic E-state index is 12.6. The molecule has 0 atom stereocenters. The summed E-state index contributed by atoms with van der Waals surface area (Å²) in [5.41, 5.74) is 1.70. The molecule has 2 aromatic carbocycles.